The minimum absolute atomic E-state index is 0.136. The van der Waals surface area contributed by atoms with Crippen molar-refractivity contribution >= 4 is 21.6 Å². The van der Waals surface area contributed by atoms with Crippen LogP contribution in [0.25, 0.3) is 0 Å². The Kier molecular flexibility index (Phi) is 5.38. The average Bonchev–Trinajstić information content (AvgIpc) is 3.19. The first-order valence-corrected chi connectivity index (χ1v) is 11.2. The van der Waals surface area contributed by atoms with E-state index in [1.807, 2.05) is 31.2 Å². The molecule has 6 nitrogen and oxygen atoms in total. The van der Waals surface area contributed by atoms with Crippen molar-refractivity contribution in [3.63, 3.8) is 0 Å². The van der Waals surface area contributed by atoms with E-state index in [-0.39, 0.29) is 16.0 Å². The van der Waals surface area contributed by atoms with Crippen LogP contribution in [0.15, 0.2) is 53.6 Å². The molecule has 3 aromatic rings. The van der Waals surface area contributed by atoms with Gasteiger partial charge in [0.1, 0.15) is 11.5 Å². The second-order valence-electron chi connectivity index (χ2n) is 7.24. The fourth-order valence-electron chi connectivity index (χ4n) is 3.61. The van der Waals surface area contributed by atoms with Gasteiger partial charge in [0.15, 0.2) is 0 Å². The van der Waals surface area contributed by atoms with E-state index in [2.05, 4.69) is 10.2 Å². The van der Waals surface area contributed by atoms with E-state index >= 15 is 0 Å². The van der Waals surface area contributed by atoms with Crippen molar-refractivity contribution in [1.82, 2.24) is 14.5 Å². The number of nitrogens with zero attached hydrogens (tertiary/aromatic N) is 2. The fourth-order valence-corrected chi connectivity index (χ4v) is 5.28. The van der Waals surface area contributed by atoms with Crippen LogP contribution >= 0.6 is 11.6 Å². The minimum Gasteiger partial charge on any atom is -0.456 e. The summed E-state index contributed by atoms with van der Waals surface area (Å²) in [5.74, 6) is 1.05. The number of halogens is 1. The lowest BCUT2D eigenvalue weighted by molar-refractivity contribution is 0.337. The van der Waals surface area contributed by atoms with Crippen molar-refractivity contribution in [2.24, 2.45) is 0 Å². The maximum absolute atomic E-state index is 13.2. The Bertz CT molecular complexity index is 1130. The zero-order chi connectivity index (χ0) is 20.6. The van der Waals surface area contributed by atoms with Crippen molar-refractivity contribution in [2.45, 2.75) is 37.1 Å². The minimum atomic E-state index is -3.73. The van der Waals surface area contributed by atoms with E-state index in [9.17, 15) is 8.42 Å². The fraction of sp³-hybridized carbons (Fsp3) is 0.286. The lowest BCUT2D eigenvalue weighted by Gasteiger charge is -2.30. The molecule has 0 aliphatic heterocycles. The topological polar surface area (TPSA) is 75.3 Å². The number of hydrogen-bond donors (Lipinski definition) is 1. The van der Waals surface area contributed by atoms with Gasteiger partial charge in [0.25, 0.3) is 0 Å². The number of H-pyrrole nitrogens is 1. The van der Waals surface area contributed by atoms with Crippen LogP contribution in [0.3, 0.4) is 0 Å². The van der Waals surface area contributed by atoms with Crippen LogP contribution in [0, 0.1) is 6.92 Å². The number of aromatic nitrogens is 2. The lowest BCUT2D eigenvalue weighted by atomic mass is 9.93. The van der Waals surface area contributed by atoms with Gasteiger partial charge in [-0.05, 0) is 56.5 Å². The summed E-state index contributed by atoms with van der Waals surface area (Å²) in [6, 6.07) is 11.9. The molecular weight excluding hydrogens is 410 g/mol. The van der Waals surface area contributed by atoms with Crippen LogP contribution < -0.4 is 4.74 Å². The van der Waals surface area contributed by atoms with Crippen LogP contribution in [0.1, 0.15) is 35.7 Å². The van der Waals surface area contributed by atoms with Gasteiger partial charge in [0, 0.05) is 18.3 Å². The standard InChI is InChI=1S/C21H22ClN3O3S/c1-14-6-8-15(9-7-14)28-21-11-10-16(12-18(21)22)29(26,27)25(2)20-5-3-4-19-17(20)13-23-24-19/h6-13,20H,3-5H2,1-2H3,(H,23,24)/t20-/m1/s1. The summed E-state index contributed by atoms with van der Waals surface area (Å²) in [5.41, 5.74) is 3.06. The van der Waals surface area contributed by atoms with Crippen molar-refractivity contribution in [2.75, 3.05) is 7.05 Å². The summed E-state index contributed by atoms with van der Waals surface area (Å²) in [6.45, 7) is 1.99. The van der Waals surface area contributed by atoms with Crippen molar-refractivity contribution < 1.29 is 13.2 Å². The number of ether oxygens (including phenoxy) is 1. The molecule has 0 spiro atoms. The Morgan fingerprint density at radius 2 is 1.97 bits per heavy atom. The van der Waals surface area contributed by atoms with E-state index < -0.39 is 10.0 Å². The Hall–Kier alpha value is -2.35. The smallest absolute Gasteiger partial charge is 0.243 e. The molecule has 0 saturated carbocycles. The molecule has 0 radical (unpaired) electrons. The highest BCUT2D eigenvalue weighted by Gasteiger charge is 2.33. The van der Waals surface area contributed by atoms with E-state index in [1.165, 1.54) is 16.4 Å². The SMILES string of the molecule is Cc1ccc(Oc2ccc(S(=O)(=O)N(C)[C@@H]3CCCc4[nH]ncc43)cc2Cl)cc1. The molecule has 0 saturated heterocycles. The summed E-state index contributed by atoms with van der Waals surface area (Å²) >= 11 is 6.35. The molecule has 1 atom stereocenters. The van der Waals surface area contributed by atoms with Crippen LogP contribution in [0.4, 0.5) is 0 Å². The van der Waals surface area contributed by atoms with Gasteiger partial charge in [-0.3, -0.25) is 5.10 Å². The molecular formula is C21H22ClN3O3S. The highest BCUT2D eigenvalue weighted by atomic mass is 35.5. The Labute approximate surface area is 175 Å². The van der Waals surface area contributed by atoms with Gasteiger partial charge in [0.05, 0.1) is 22.2 Å². The van der Waals surface area contributed by atoms with Gasteiger partial charge in [-0.25, -0.2) is 8.42 Å². The number of fused-ring (bicyclic) bond motifs is 1. The van der Waals surface area contributed by atoms with Crippen LogP contribution in [0.2, 0.25) is 5.02 Å². The molecule has 0 bridgehead atoms. The van der Waals surface area contributed by atoms with Crippen molar-refractivity contribution in [3.8, 4) is 11.5 Å². The largest absolute Gasteiger partial charge is 0.456 e. The normalized spacial score (nSPS) is 16.6. The lowest BCUT2D eigenvalue weighted by Crippen LogP contribution is -2.33. The number of sulfonamides is 1. The first-order chi connectivity index (χ1) is 13.9. The molecule has 0 amide bonds. The predicted molar refractivity (Wildman–Crippen MR) is 112 cm³/mol. The third-order valence-corrected chi connectivity index (χ3v) is 7.44. The summed E-state index contributed by atoms with van der Waals surface area (Å²) < 4.78 is 33.6. The summed E-state index contributed by atoms with van der Waals surface area (Å²) in [4.78, 5) is 0.136. The summed E-state index contributed by atoms with van der Waals surface area (Å²) in [6.07, 6.45) is 4.27. The van der Waals surface area contributed by atoms with Crippen molar-refractivity contribution in [3.05, 3.63) is 70.5 Å². The van der Waals surface area contributed by atoms with E-state index in [0.29, 0.717) is 11.5 Å². The first-order valence-electron chi connectivity index (χ1n) is 9.40. The molecule has 1 heterocycles. The molecule has 8 heteroatoms. The third-order valence-electron chi connectivity index (χ3n) is 5.28. The molecule has 1 N–H and O–H groups in total. The molecule has 1 aromatic heterocycles. The second kappa shape index (κ2) is 7.82. The highest BCUT2D eigenvalue weighted by Crippen LogP contribution is 2.37. The average molecular weight is 432 g/mol. The predicted octanol–water partition coefficient (Wildman–Crippen LogP) is 4.86. The van der Waals surface area contributed by atoms with Gasteiger partial charge in [-0.15, -0.1) is 0 Å². The van der Waals surface area contributed by atoms with Gasteiger partial charge >= 0.3 is 0 Å². The Morgan fingerprint density at radius 3 is 2.69 bits per heavy atom. The van der Waals surface area contributed by atoms with Gasteiger partial charge in [-0.2, -0.15) is 9.40 Å². The number of aryl methyl sites for hydroxylation is 2. The maximum Gasteiger partial charge on any atom is 0.243 e. The quantitative estimate of drug-likeness (QED) is 0.625. The van der Waals surface area contributed by atoms with Gasteiger partial charge in [0.2, 0.25) is 10.0 Å². The monoisotopic (exact) mass is 431 g/mol. The van der Waals surface area contributed by atoms with Crippen LogP contribution in [0.5, 0.6) is 11.5 Å². The molecule has 0 unspecified atom stereocenters. The molecule has 1 aliphatic carbocycles. The van der Waals surface area contributed by atoms with Crippen LogP contribution in [-0.4, -0.2) is 30.0 Å². The van der Waals surface area contributed by atoms with Gasteiger partial charge in [-0.1, -0.05) is 29.3 Å². The molecule has 0 fully saturated rings. The molecule has 2 aromatic carbocycles. The molecule has 4 rings (SSSR count). The second-order valence-corrected chi connectivity index (χ2v) is 9.65. The number of nitrogens with one attached hydrogen (secondary N) is 1. The molecule has 1 aliphatic rings. The van der Waals surface area contributed by atoms with Crippen molar-refractivity contribution in [1.29, 1.82) is 0 Å². The number of hydrogen-bond acceptors (Lipinski definition) is 4. The third kappa shape index (κ3) is 3.90. The van der Waals surface area contributed by atoms with E-state index in [0.717, 1.165) is 36.1 Å². The Morgan fingerprint density at radius 1 is 1.21 bits per heavy atom. The van der Waals surface area contributed by atoms with Crippen LogP contribution in [-0.2, 0) is 16.4 Å². The zero-order valence-corrected chi connectivity index (χ0v) is 17.8. The highest BCUT2D eigenvalue weighted by molar-refractivity contribution is 7.89. The van der Waals surface area contributed by atoms with E-state index in [4.69, 9.17) is 16.3 Å². The number of rotatable bonds is 5. The maximum atomic E-state index is 13.2. The zero-order valence-electron chi connectivity index (χ0n) is 16.2. The summed E-state index contributed by atoms with van der Waals surface area (Å²) in [5, 5.41) is 7.29. The van der Waals surface area contributed by atoms with E-state index in [1.54, 1.807) is 19.3 Å². The molecule has 29 heavy (non-hydrogen) atoms. The Balaban J connectivity index is 1.59. The number of aromatic amines is 1. The first kappa shape index (κ1) is 19.9. The summed E-state index contributed by atoms with van der Waals surface area (Å²) in [7, 11) is -2.12. The number of benzene rings is 2. The molecule has 152 valence electrons. The van der Waals surface area contributed by atoms with Gasteiger partial charge < -0.3 is 4.74 Å².